The molecule has 1 aliphatic heterocycles. The van der Waals surface area contributed by atoms with E-state index in [0.29, 0.717) is 24.7 Å². The monoisotopic (exact) mass is 356 g/mol. The largest absolute Gasteiger partial charge is 0.383 e. The molecule has 126 valence electrons. The second-order valence-corrected chi connectivity index (χ2v) is 7.11. The van der Waals surface area contributed by atoms with Gasteiger partial charge in [-0.3, -0.25) is 9.59 Å². The molecule has 0 aromatic heterocycles. The van der Waals surface area contributed by atoms with E-state index in [1.165, 1.54) is 0 Å². The number of carbonyl (C=O) groups excluding carboxylic acids is 2. The normalized spacial score (nSPS) is 20.8. The molecule has 1 heterocycles. The van der Waals surface area contributed by atoms with E-state index in [9.17, 15) is 9.59 Å². The summed E-state index contributed by atoms with van der Waals surface area (Å²) in [5, 5.41) is 3.13. The number of amides is 2. The van der Waals surface area contributed by atoms with Crippen LogP contribution in [0, 0.1) is 0 Å². The molecule has 7 heteroatoms. The molecule has 0 bridgehead atoms. The third kappa shape index (κ3) is 4.62. The summed E-state index contributed by atoms with van der Waals surface area (Å²) in [5.74, 6) is -0.0399. The fraction of sp³-hybridized carbons (Fsp3) is 0.500. The van der Waals surface area contributed by atoms with Gasteiger partial charge in [-0.25, -0.2) is 0 Å². The Labute approximate surface area is 145 Å². The van der Waals surface area contributed by atoms with Crippen molar-refractivity contribution in [2.75, 3.05) is 26.8 Å². The Morgan fingerprint density at radius 2 is 2.17 bits per heavy atom. The summed E-state index contributed by atoms with van der Waals surface area (Å²) in [4.78, 5) is 26.0. The van der Waals surface area contributed by atoms with Crippen LogP contribution in [0.25, 0.3) is 0 Å². The Hall–Kier alpha value is -1.24. The molecule has 1 fully saturated rings. The highest BCUT2D eigenvalue weighted by Crippen LogP contribution is 2.44. The minimum Gasteiger partial charge on any atom is -0.383 e. The molecule has 1 saturated heterocycles. The van der Waals surface area contributed by atoms with Crippen molar-refractivity contribution < 1.29 is 14.3 Å². The number of hydrogen-bond donors (Lipinski definition) is 1. The lowest BCUT2D eigenvalue weighted by molar-refractivity contribution is -0.130. The fourth-order valence-corrected chi connectivity index (χ4v) is 4.07. The van der Waals surface area contributed by atoms with Gasteiger partial charge >= 0.3 is 0 Å². The molecule has 0 saturated carbocycles. The van der Waals surface area contributed by atoms with Crippen molar-refractivity contribution in [1.82, 2.24) is 10.2 Å². The zero-order valence-corrected chi connectivity index (χ0v) is 14.8. The minimum absolute atomic E-state index is 0.0459. The lowest BCUT2D eigenvalue weighted by atomic mass is 10.2. The SMILES string of the molecule is COCCNC(=O)CCN1C(=O)C(C)SC1c1ccccc1Cl. The number of nitrogens with zero attached hydrogens (tertiary/aromatic N) is 1. The lowest BCUT2D eigenvalue weighted by Gasteiger charge is -2.24. The van der Waals surface area contributed by atoms with Gasteiger partial charge in [0.2, 0.25) is 11.8 Å². The first-order valence-electron chi connectivity index (χ1n) is 7.50. The van der Waals surface area contributed by atoms with Crippen LogP contribution < -0.4 is 5.32 Å². The van der Waals surface area contributed by atoms with Crippen molar-refractivity contribution >= 4 is 35.2 Å². The first-order valence-corrected chi connectivity index (χ1v) is 8.82. The van der Waals surface area contributed by atoms with Crippen LogP contribution in [0.5, 0.6) is 0 Å². The van der Waals surface area contributed by atoms with Crippen molar-refractivity contribution in [2.45, 2.75) is 24.0 Å². The zero-order valence-electron chi connectivity index (χ0n) is 13.3. The summed E-state index contributed by atoms with van der Waals surface area (Å²) in [5.41, 5.74) is 0.914. The Morgan fingerprint density at radius 1 is 1.43 bits per heavy atom. The van der Waals surface area contributed by atoms with Gasteiger partial charge in [0, 0.05) is 37.2 Å². The highest BCUT2D eigenvalue weighted by atomic mass is 35.5. The highest BCUT2D eigenvalue weighted by Gasteiger charge is 2.39. The van der Waals surface area contributed by atoms with Crippen LogP contribution in [-0.2, 0) is 14.3 Å². The number of nitrogens with one attached hydrogen (secondary N) is 1. The summed E-state index contributed by atoms with van der Waals surface area (Å²) in [6.07, 6.45) is 0.268. The van der Waals surface area contributed by atoms with Crippen LogP contribution in [-0.4, -0.2) is 48.8 Å². The van der Waals surface area contributed by atoms with Gasteiger partial charge in [0.1, 0.15) is 5.37 Å². The van der Waals surface area contributed by atoms with Gasteiger partial charge in [0.25, 0.3) is 0 Å². The third-order valence-electron chi connectivity index (χ3n) is 3.63. The first-order chi connectivity index (χ1) is 11.0. The molecule has 23 heavy (non-hydrogen) atoms. The number of hydrogen-bond acceptors (Lipinski definition) is 4. The first kappa shape index (κ1) is 18.1. The summed E-state index contributed by atoms with van der Waals surface area (Å²) >= 11 is 7.83. The topological polar surface area (TPSA) is 58.6 Å². The maximum Gasteiger partial charge on any atom is 0.236 e. The average molecular weight is 357 g/mol. The van der Waals surface area contributed by atoms with Crippen LogP contribution >= 0.6 is 23.4 Å². The van der Waals surface area contributed by atoms with Gasteiger partial charge in [-0.1, -0.05) is 29.8 Å². The molecule has 1 N–H and O–H groups in total. The zero-order chi connectivity index (χ0) is 16.8. The Balaban J connectivity index is 2.01. The Kier molecular flexibility index (Phi) is 6.74. The number of rotatable bonds is 7. The van der Waals surface area contributed by atoms with Crippen LogP contribution in [0.2, 0.25) is 5.02 Å². The van der Waals surface area contributed by atoms with E-state index in [-0.39, 0.29) is 28.9 Å². The second kappa shape index (κ2) is 8.57. The molecule has 5 nitrogen and oxygen atoms in total. The fourth-order valence-electron chi connectivity index (χ4n) is 2.42. The van der Waals surface area contributed by atoms with Crippen molar-refractivity contribution in [3.05, 3.63) is 34.9 Å². The average Bonchev–Trinajstić information content (AvgIpc) is 2.81. The predicted molar refractivity (Wildman–Crippen MR) is 92.5 cm³/mol. The van der Waals surface area contributed by atoms with E-state index in [1.54, 1.807) is 23.8 Å². The summed E-state index contributed by atoms with van der Waals surface area (Å²) in [6, 6.07) is 7.52. The lowest BCUT2D eigenvalue weighted by Crippen LogP contribution is -2.35. The minimum atomic E-state index is -0.141. The van der Waals surface area contributed by atoms with E-state index >= 15 is 0 Å². The molecular formula is C16H21ClN2O3S. The molecule has 2 unspecified atom stereocenters. The van der Waals surface area contributed by atoms with E-state index in [0.717, 1.165) is 5.56 Å². The van der Waals surface area contributed by atoms with E-state index in [4.69, 9.17) is 16.3 Å². The van der Waals surface area contributed by atoms with Gasteiger partial charge in [0.15, 0.2) is 0 Å². The molecule has 1 aromatic rings. The summed E-state index contributed by atoms with van der Waals surface area (Å²) in [7, 11) is 1.59. The van der Waals surface area contributed by atoms with E-state index in [2.05, 4.69) is 5.32 Å². The van der Waals surface area contributed by atoms with Crippen LogP contribution in [0.3, 0.4) is 0 Å². The van der Waals surface area contributed by atoms with Gasteiger partial charge in [-0.05, 0) is 13.0 Å². The number of methoxy groups -OCH3 is 1. The van der Waals surface area contributed by atoms with Crippen molar-refractivity contribution in [2.24, 2.45) is 0 Å². The van der Waals surface area contributed by atoms with Gasteiger partial charge in [-0.15, -0.1) is 11.8 Å². The van der Waals surface area contributed by atoms with Gasteiger partial charge in [0.05, 0.1) is 11.9 Å². The smallest absolute Gasteiger partial charge is 0.236 e. The van der Waals surface area contributed by atoms with E-state index in [1.807, 2.05) is 31.2 Å². The number of benzene rings is 1. The molecule has 2 atom stereocenters. The molecule has 2 amide bonds. The molecule has 1 aliphatic rings. The maximum absolute atomic E-state index is 12.4. The number of carbonyl (C=O) groups is 2. The number of thioether (sulfide) groups is 1. The standard InChI is InChI=1S/C16H21ClN2O3S/c1-11-15(21)19(9-7-14(20)18-8-10-22-2)16(23-11)12-5-3-4-6-13(12)17/h3-6,11,16H,7-10H2,1-2H3,(H,18,20). The summed E-state index contributed by atoms with van der Waals surface area (Å²) in [6.45, 7) is 3.21. The maximum atomic E-state index is 12.4. The van der Waals surface area contributed by atoms with Crippen LogP contribution in [0.15, 0.2) is 24.3 Å². The molecule has 1 aromatic carbocycles. The molecule has 0 aliphatic carbocycles. The molecule has 0 spiro atoms. The second-order valence-electron chi connectivity index (χ2n) is 5.28. The van der Waals surface area contributed by atoms with Crippen molar-refractivity contribution in [3.8, 4) is 0 Å². The van der Waals surface area contributed by atoms with Crippen LogP contribution in [0.1, 0.15) is 24.3 Å². The van der Waals surface area contributed by atoms with Crippen molar-refractivity contribution in [3.63, 3.8) is 0 Å². The number of halogens is 1. The van der Waals surface area contributed by atoms with E-state index < -0.39 is 0 Å². The highest BCUT2D eigenvalue weighted by molar-refractivity contribution is 8.01. The molecule has 0 radical (unpaired) electrons. The predicted octanol–water partition coefficient (Wildman–Crippen LogP) is 2.46. The Morgan fingerprint density at radius 3 is 2.87 bits per heavy atom. The van der Waals surface area contributed by atoms with Gasteiger partial charge < -0.3 is 15.0 Å². The van der Waals surface area contributed by atoms with Gasteiger partial charge in [-0.2, -0.15) is 0 Å². The molecular weight excluding hydrogens is 336 g/mol. The Bertz CT molecular complexity index is 570. The summed E-state index contributed by atoms with van der Waals surface area (Å²) < 4.78 is 4.89. The molecule has 2 rings (SSSR count). The number of ether oxygens (including phenoxy) is 1. The van der Waals surface area contributed by atoms with Crippen LogP contribution in [0.4, 0.5) is 0 Å². The quantitative estimate of drug-likeness (QED) is 0.762. The third-order valence-corrected chi connectivity index (χ3v) is 5.35. The van der Waals surface area contributed by atoms with Crippen molar-refractivity contribution in [1.29, 1.82) is 0 Å².